The van der Waals surface area contributed by atoms with Crippen molar-refractivity contribution in [3.8, 4) is 0 Å². The molecule has 1 aromatic heterocycles. The predicted octanol–water partition coefficient (Wildman–Crippen LogP) is 3.79. The van der Waals surface area contributed by atoms with Gasteiger partial charge in [-0.3, -0.25) is 4.79 Å². The summed E-state index contributed by atoms with van der Waals surface area (Å²) in [5, 5.41) is 3.53. The largest absolute Gasteiger partial charge is 0.360 e. The Morgan fingerprint density at radius 2 is 1.71 bits per heavy atom. The number of para-hydroxylation sites is 1. The molecule has 24 heavy (non-hydrogen) atoms. The van der Waals surface area contributed by atoms with Crippen LogP contribution in [0.4, 0.5) is 5.69 Å². The van der Waals surface area contributed by atoms with Crippen molar-refractivity contribution in [2.75, 3.05) is 5.32 Å². The van der Waals surface area contributed by atoms with E-state index in [-0.39, 0.29) is 12.1 Å². The number of fused-ring (bicyclic) bond motifs is 1. The minimum absolute atomic E-state index is 0.0550. The molecule has 4 nitrogen and oxygen atoms in total. The first-order chi connectivity index (χ1) is 11.7. The van der Waals surface area contributed by atoms with E-state index in [1.165, 1.54) is 0 Å². The molecule has 4 rings (SSSR count). The Kier molecular flexibility index (Phi) is 3.58. The summed E-state index contributed by atoms with van der Waals surface area (Å²) in [6.07, 6.45) is 1.82. The Labute approximate surface area is 141 Å². The lowest BCUT2D eigenvalue weighted by molar-refractivity contribution is 0.0660. The van der Waals surface area contributed by atoms with Crippen LogP contribution in [0.5, 0.6) is 0 Å². The maximum absolute atomic E-state index is 13.1. The number of aryl methyl sites for hydroxylation is 1. The van der Waals surface area contributed by atoms with Crippen LogP contribution in [0.3, 0.4) is 0 Å². The van der Waals surface area contributed by atoms with E-state index in [0.29, 0.717) is 6.54 Å². The highest BCUT2D eigenvalue weighted by atomic mass is 16.2. The van der Waals surface area contributed by atoms with Gasteiger partial charge in [0, 0.05) is 25.5 Å². The van der Waals surface area contributed by atoms with Crippen molar-refractivity contribution in [1.82, 2.24) is 9.47 Å². The van der Waals surface area contributed by atoms with Gasteiger partial charge in [-0.1, -0.05) is 42.5 Å². The second-order valence-electron chi connectivity index (χ2n) is 6.06. The zero-order valence-corrected chi connectivity index (χ0v) is 13.5. The van der Waals surface area contributed by atoms with Crippen LogP contribution in [0.2, 0.25) is 0 Å². The van der Waals surface area contributed by atoms with Gasteiger partial charge in [-0.05, 0) is 29.8 Å². The summed E-state index contributed by atoms with van der Waals surface area (Å²) >= 11 is 0. The fraction of sp³-hybridized carbons (Fsp3) is 0.150. The standard InChI is InChI=1S/C20H19N3O/c1-22-13-7-12-18(22)19-21-17-11-6-5-10-16(17)20(24)23(19)14-15-8-3-2-4-9-15/h2-13,19,21H,14H2,1H3/t19-/m1/s1. The molecule has 0 radical (unpaired) electrons. The molecule has 0 aliphatic carbocycles. The molecule has 0 bridgehead atoms. The van der Waals surface area contributed by atoms with E-state index in [0.717, 1.165) is 22.5 Å². The minimum Gasteiger partial charge on any atom is -0.360 e. The second kappa shape index (κ2) is 5.89. The van der Waals surface area contributed by atoms with E-state index in [9.17, 15) is 4.79 Å². The molecular formula is C20H19N3O. The van der Waals surface area contributed by atoms with Crippen LogP contribution >= 0.6 is 0 Å². The van der Waals surface area contributed by atoms with E-state index >= 15 is 0 Å². The summed E-state index contributed by atoms with van der Waals surface area (Å²) in [7, 11) is 2.00. The lowest BCUT2D eigenvalue weighted by atomic mass is 10.0. The van der Waals surface area contributed by atoms with Crippen LogP contribution < -0.4 is 5.32 Å². The molecule has 1 atom stereocenters. The molecule has 2 aromatic carbocycles. The number of nitrogens with zero attached hydrogens (tertiary/aromatic N) is 2. The predicted molar refractivity (Wildman–Crippen MR) is 94.5 cm³/mol. The maximum atomic E-state index is 13.1. The second-order valence-corrected chi connectivity index (χ2v) is 6.06. The highest BCUT2D eigenvalue weighted by Crippen LogP contribution is 2.34. The molecule has 4 heteroatoms. The number of rotatable bonds is 3. The monoisotopic (exact) mass is 317 g/mol. The van der Waals surface area contributed by atoms with E-state index < -0.39 is 0 Å². The number of amides is 1. The number of benzene rings is 2. The number of carbonyl (C=O) groups is 1. The Hall–Kier alpha value is -3.01. The lowest BCUT2D eigenvalue weighted by Gasteiger charge is -2.38. The quantitative estimate of drug-likeness (QED) is 0.798. The van der Waals surface area contributed by atoms with Gasteiger partial charge < -0.3 is 14.8 Å². The molecule has 3 aromatic rings. The van der Waals surface area contributed by atoms with Gasteiger partial charge in [-0.15, -0.1) is 0 Å². The molecular weight excluding hydrogens is 298 g/mol. The number of aromatic nitrogens is 1. The van der Waals surface area contributed by atoms with Crippen molar-refractivity contribution in [2.24, 2.45) is 7.05 Å². The summed E-state index contributed by atoms with van der Waals surface area (Å²) < 4.78 is 2.05. The molecule has 0 spiro atoms. The third-order valence-electron chi connectivity index (χ3n) is 4.48. The molecule has 120 valence electrons. The Morgan fingerprint density at radius 3 is 2.46 bits per heavy atom. The van der Waals surface area contributed by atoms with Crippen LogP contribution in [-0.2, 0) is 13.6 Å². The number of nitrogens with one attached hydrogen (secondary N) is 1. The number of hydrogen-bond donors (Lipinski definition) is 1. The fourth-order valence-electron chi connectivity index (χ4n) is 3.23. The van der Waals surface area contributed by atoms with Crippen LogP contribution in [0, 0.1) is 0 Å². The fourth-order valence-corrected chi connectivity index (χ4v) is 3.23. The van der Waals surface area contributed by atoms with Gasteiger partial charge in [0.2, 0.25) is 0 Å². The highest BCUT2D eigenvalue weighted by Gasteiger charge is 2.33. The van der Waals surface area contributed by atoms with Crippen molar-refractivity contribution < 1.29 is 4.79 Å². The molecule has 1 aliphatic heterocycles. The van der Waals surface area contributed by atoms with Crippen molar-refractivity contribution in [2.45, 2.75) is 12.7 Å². The average molecular weight is 317 g/mol. The topological polar surface area (TPSA) is 37.3 Å². The number of hydrogen-bond acceptors (Lipinski definition) is 2. The van der Waals surface area contributed by atoms with Gasteiger partial charge in [0.1, 0.15) is 6.17 Å². The molecule has 0 saturated carbocycles. The SMILES string of the molecule is Cn1cccc1[C@@H]1Nc2ccccc2C(=O)N1Cc1ccccc1. The van der Waals surface area contributed by atoms with Crippen molar-refractivity contribution in [1.29, 1.82) is 0 Å². The third kappa shape index (κ3) is 2.46. The summed E-state index contributed by atoms with van der Waals surface area (Å²) in [5.41, 5.74) is 3.79. The normalized spacial score (nSPS) is 16.6. The van der Waals surface area contributed by atoms with Crippen molar-refractivity contribution in [3.05, 3.63) is 89.7 Å². The van der Waals surface area contributed by atoms with Crippen molar-refractivity contribution in [3.63, 3.8) is 0 Å². The molecule has 0 fully saturated rings. The smallest absolute Gasteiger partial charge is 0.258 e. The number of anilines is 1. The zero-order chi connectivity index (χ0) is 16.5. The molecule has 1 aliphatic rings. The molecule has 1 amide bonds. The Morgan fingerprint density at radius 1 is 0.958 bits per heavy atom. The van der Waals surface area contributed by atoms with Crippen LogP contribution in [0.25, 0.3) is 0 Å². The summed E-state index contributed by atoms with van der Waals surface area (Å²) in [5.74, 6) is 0.0550. The minimum atomic E-state index is -0.187. The van der Waals surface area contributed by atoms with Gasteiger partial charge in [0.25, 0.3) is 5.91 Å². The summed E-state index contributed by atoms with van der Waals surface area (Å²) in [4.78, 5) is 15.0. The van der Waals surface area contributed by atoms with E-state index in [1.54, 1.807) is 0 Å². The van der Waals surface area contributed by atoms with E-state index in [1.807, 2.05) is 66.7 Å². The highest BCUT2D eigenvalue weighted by molar-refractivity contribution is 6.01. The van der Waals surface area contributed by atoms with Gasteiger partial charge in [-0.25, -0.2) is 0 Å². The van der Waals surface area contributed by atoms with E-state index in [2.05, 4.69) is 28.1 Å². The molecule has 2 heterocycles. The first kappa shape index (κ1) is 14.6. The van der Waals surface area contributed by atoms with Crippen LogP contribution in [0.1, 0.15) is 27.8 Å². The average Bonchev–Trinajstić information content (AvgIpc) is 3.04. The van der Waals surface area contributed by atoms with Crippen LogP contribution in [-0.4, -0.2) is 15.4 Å². The Balaban J connectivity index is 1.77. The summed E-state index contributed by atoms with van der Waals surface area (Å²) in [6.45, 7) is 0.566. The first-order valence-corrected chi connectivity index (χ1v) is 8.06. The zero-order valence-electron chi connectivity index (χ0n) is 13.5. The first-order valence-electron chi connectivity index (χ1n) is 8.06. The molecule has 0 unspecified atom stereocenters. The van der Waals surface area contributed by atoms with E-state index in [4.69, 9.17) is 0 Å². The lowest BCUT2D eigenvalue weighted by Crippen LogP contribution is -2.43. The Bertz CT molecular complexity index is 869. The third-order valence-corrected chi connectivity index (χ3v) is 4.48. The van der Waals surface area contributed by atoms with Crippen LogP contribution in [0.15, 0.2) is 72.9 Å². The van der Waals surface area contributed by atoms with Crippen molar-refractivity contribution >= 4 is 11.6 Å². The molecule has 0 saturated heterocycles. The van der Waals surface area contributed by atoms with Gasteiger partial charge in [0.05, 0.1) is 11.3 Å². The number of carbonyl (C=O) groups excluding carboxylic acids is 1. The maximum Gasteiger partial charge on any atom is 0.258 e. The summed E-state index contributed by atoms with van der Waals surface area (Å²) in [6, 6.07) is 21.9. The van der Waals surface area contributed by atoms with Gasteiger partial charge >= 0.3 is 0 Å². The molecule has 1 N–H and O–H groups in total. The van der Waals surface area contributed by atoms with Gasteiger partial charge in [-0.2, -0.15) is 0 Å². The van der Waals surface area contributed by atoms with Gasteiger partial charge in [0.15, 0.2) is 0 Å².